The van der Waals surface area contributed by atoms with E-state index in [1.807, 2.05) is 25.5 Å². The van der Waals surface area contributed by atoms with Gasteiger partial charge in [-0.3, -0.25) is 14.9 Å². The second kappa shape index (κ2) is 7.38. The molecule has 1 aliphatic rings. The minimum Gasteiger partial charge on any atom is -0.378 e. The van der Waals surface area contributed by atoms with Crippen LogP contribution >= 0.6 is 0 Å². The molecule has 0 amide bonds. The molecule has 6 nitrogen and oxygen atoms in total. The average Bonchev–Trinajstić information content (AvgIpc) is 2.57. The number of aromatic nitrogens is 4. The molecule has 0 aromatic carbocycles. The molecule has 2 aromatic heterocycles. The van der Waals surface area contributed by atoms with Crippen molar-refractivity contribution < 1.29 is 4.74 Å². The first-order chi connectivity index (χ1) is 10.8. The third-order valence-electron chi connectivity index (χ3n) is 3.92. The van der Waals surface area contributed by atoms with Crippen LogP contribution < -0.4 is 0 Å². The van der Waals surface area contributed by atoms with Crippen molar-refractivity contribution in [2.45, 2.75) is 32.4 Å². The van der Waals surface area contributed by atoms with Crippen molar-refractivity contribution in [2.24, 2.45) is 0 Å². The van der Waals surface area contributed by atoms with Crippen LogP contribution in [0.25, 0.3) is 0 Å². The van der Waals surface area contributed by atoms with Gasteiger partial charge in [-0.2, -0.15) is 0 Å². The normalized spacial score (nSPS) is 19.2. The number of hydrogen-bond acceptors (Lipinski definition) is 6. The summed E-state index contributed by atoms with van der Waals surface area (Å²) in [6.07, 6.45) is 11.1. The van der Waals surface area contributed by atoms with Crippen LogP contribution in [0.15, 0.2) is 31.0 Å². The first-order valence-corrected chi connectivity index (χ1v) is 7.65. The van der Waals surface area contributed by atoms with Gasteiger partial charge in [0.15, 0.2) is 0 Å². The molecule has 22 heavy (non-hydrogen) atoms. The third-order valence-corrected chi connectivity index (χ3v) is 3.92. The second-order valence-electron chi connectivity index (χ2n) is 5.57. The number of aryl methyl sites for hydroxylation is 2. The van der Waals surface area contributed by atoms with Crippen molar-refractivity contribution in [3.63, 3.8) is 0 Å². The molecular weight excluding hydrogens is 278 g/mol. The van der Waals surface area contributed by atoms with Crippen molar-refractivity contribution in [1.29, 1.82) is 0 Å². The second-order valence-corrected chi connectivity index (χ2v) is 5.57. The van der Waals surface area contributed by atoms with E-state index in [0.29, 0.717) is 6.04 Å². The van der Waals surface area contributed by atoms with Crippen molar-refractivity contribution in [1.82, 2.24) is 24.8 Å². The van der Waals surface area contributed by atoms with Crippen LogP contribution in [0.3, 0.4) is 0 Å². The van der Waals surface area contributed by atoms with Crippen molar-refractivity contribution in [3.05, 3.63) is 48.1 Å². The Bertz CT molecular complexity index is 575. The van der Waals surface area contributed by atoms with E-state index in [2.05, 4.69) is 24.8 Å². The zero-order valence-electron chi connectivity index (χ0n) is 12.9. The molecule has 0 spiro atoms. The van der Waals surface area contributed by atoms with Crippen LogP contribution in [-0.2, 0) is 17.7 Å². The van der Waals surface area contributed by atoms with Gasteiger partial charge in [-0.15, -0.1) is 0 Å². The molecule has 0 bridgehead atoms. The molecule has 3 heterocycles. The summed E-state index contributed by atoms with van der Waals surface area (Å²) in [5.74, 6) is 0.810. The van der Waals surface area contributed by atoms with Gasteiger partial charge >= 0.3 is 0 Å². The molecule has 1 saturated heterocycles. The molecule has 0 saturated carbocycles. The molecule has 0 aliphatic carbocycles. The van der Waals surface area contributed by atoms with Gasteiger partial charge in [-0.05, 0) is 19.8 Å². The lowest BCUT2D eigenvalue weighted by atomic mass is 10.1. The van der Waals surface area contributed by atoms with Crippen molar-refractivity contribution in [3.8, 4) is 0 Å². The summed E-state index contributed by atoms with van der Waals surface area (Å²) in [5.41, 5.74) is 2.18. The maximum absolute atomic E-state index is 5.65. The van der Waals surface area contributed by atoms with E-state index < -0.39 is 0 Å². The number of rotatable bonds is 5. The molecular formula is C16H21N5O. The Labute approximate surface area is 130 Å². The van der Waals surface area contributed by atoms with Crippen LogP contribution in [0, 0.1) is 6.92 Å². The average molecular weight is 299 g/mol. The zero-order chi connectivity index (χ0) is 15.2. The minimum atomic E-state index is 0.400. The summed E-state index contributed by atoms with van der Waals surface area (Å²) in [6.45, 7) is 5.28. The summed E-state index contributed by atoms with van der Waals surface area (Å²) >= 11 is 0. The summed E-state index contributed by atoms with van der Waals surface area (Å²) in [5, 5.41) is 0. The van der Waals surface area contributed by atoms with Gasteiger partial charge in [0.2, 0.25) is 0 Å². The Hall–Kier alpha value is -1.92. The molecule has 2 aromatic rings. The summed E-state index contributed by atoms with van der Waals surface area (Å²) < 4.78 is 5.65. The van der Waals surface area contributed by atoms with Crippen molar-refractivity contribution in [2.75, 3.05) is 19.8 Å². The molecule has 1 atom stereocenters. The highest BCUT2D eigenvalue weighted by Gasteiger charge is 2.23. The van der Waals surface area contributed by atoms with Crippen LogP contribution in [0.1, 0.15) is 23.5 Å². The van der Waals surface area contributed by atoms with Crippen LogP contribution in [0.2, 0.25) is 0 Å². The number of nitrogens with zero attached hydrogens (tertiary/aromatic N) is 5. The molecule has 1 fully saturated rings. The van der Waals surface area contributed by atoms with Crippen molar-refractivity contribution >= 4 is 0 Å². The fourth-order valence-corrected chi connectivity index (χ4v) is 2.67. The first-order valence-electron chi connectivity index (χ1n) is 7.65. The largest absolute Gasteiger partial charge is 0.378 e. The van der Waals surface area contributed by atoms with Gasteiger partial charge < -0.3 is 4.74 Å². The monoisotopic (exact) mass is 299 g/mol. The van der Waals surface area contributed by atoms with Crippen LogP contribution in [-0.4, -0.2) is 50.6 Å². The molecule has 116 valence electrons. The maximum atomic E-state index is 5.65. The van der Waals surface area contributed by atoms with E-state index >= 15 is 0 Å². The third kappa shape index (κ3) is 4.05. The van der Waals surface area contributed by atoms with E-state index in [1.54, 1.807) is 12.4 Å². The smallest absolute Gasteiger partial charge is 0.125 e. The van der Waals surface area contributed by atoms with Gasteiger partial charge in [0, 0.05) is 55.7 Å². The van der Waals surface area contributed by atoms with E-state index in [0.717, 1.165) is 56.2 Å². The highest BCUT2D eigenvalue weighted by atomic mass is 16.5. The Kier molecular flexibility index (Phi) is 5.03. The minimum absolute atomic E-state index is 0.400. The van der Waals surface area contributed by atoms with Crippen LogP contribution in [0.4, 0.5) is 0 Å². The SMILES string of the molecule is Cc1ncc(CN2CCOC[C@@H]2CCc2cnccn2)cn1. The lowest BCUT2D eigenvalue weighted by Crippen LogP contribution is -2.45. The molecule has 0 radical (unpaired) electrons. The van der Waals surface area contributed by atoms with Gasteiger partial charge in [0.05, 0.1) is 18.9 Å². The van der Waals surface area contributed by atoms with E-state index in [1.165, 1.54) is 0 Å². The number of ether oxygens (including phenoxy) is 1. The Morgan fingerprint density at radius 2 is 2.05 bits per heavy atom. The topological polar surface area (TPSA) is 64.0 Å². The maximum Gasteiger partial charge on any atom is 0.125 e. The molecule has 6 heteroatoms. The van der Waals surface area contributed by atoms with Gasteiger partial charge in [0.1, 0.15) is 5.82 Å². The van der Waals surface area contributed by atoms with Gasteiger partial charge in [-0.25, -0.2) is 9.97 Å². The molecule has 3 rings (SSSR count). The lowest BCUT2D eigenvalue weighted by Gasteiger charge is -2.35. The molecule has 0 N–H and O–H groups in total. The van der Waals surface area contributed by atoms with E-state index in [4.69, 9.17) is 4.74 Å². The Balaban J connectivity index is 1.59. The predicted octanol–water partition coefficient (Wildman–Crippen LogP) is 1.41. The first kappa shape index (κ1) is 15.0. The lowest BCUT2D eigenvalue weighted by molar-refractivity contribution is -0.0145. The van der Waals surface area contributed by atoms with E-state index in [9.17, 15) is 0 Å². The highest BCUT2D eigenvalue weighted by Crippen LogP contribution is 2.16. The fraction of sp³-hybridized carbons (Fsp3) is 0.500. The quantitative estimate of drug-likeness (QED) is 0.832. The van der Waals surface area contributed by atoms with Crippen LogP contribution in [0.5, 0.6) is 0 Å². The molecule has 1 aliphatic heterocycles. The summed E-state index contributed by atoms with van der Waals surface area (Å²) in [6, 6.07) is 0.400. The zero-order valence-corrected chi connectivity index (χ0v) is 12.9. The van der Waals surface area contributed by atoms with Gasteiger partial charge in [0.25, 0.3) is 0 Å². The Morgan fingerprint density at radius 1 is 1.18 bits per heavy atom. The molecule has 0 unspecified atom stereocenters. The standard InChI is InChI=1S/C16H21N5O/c1-13-19-8-14(9-20-13)11-21-6-7-22-12-16(21)3-2-15-10-17-4-5-18-15/h4-5,8-10,16H,2-3,6-7,11-12H2,1H3/t16-/m0/s1. The Morgan fingerprint density at radius 3 is 2.82 bits per heavy atom. The van der Waals surface area contributed by atoms with E-state index in [-0.39, 0.29) is 0 Å². The number of morpholine rings is 1. The summed E-state index contributed by atoms with van der Waals surface area (Å²) in [7, 11) is 0. The predicted molar refractivity (Wildman–Crippen MR) is 82.1 cm³/mol. The fourth-order valence-electron chi connectivity index (χ4n) is 2.67. The van der Waals surface area contributed by atoms with Gasteiger partial charge in [-0.1, -0.05) is 0 Å². The highest BCUT2D eigenvalue weighted by molar-refractivity contribution is 5.05. The summed E-state index contributed by atoms with van der Waals surface area (Å²) in [4.78, 5) is 19.5. The number of hydrogen-bond donors (Lipinski definition) is 0.